The zero-order chi connectivity index (χ0) is 18.4. The first-order valence-electron chi connectivity index (χ1n) is 8.92. The Labute approximate surface area is 154 Å². The number of rotatable bonds is 6. The van der Waals surface area contributed by atoms with E-state index >= 15 is 0 Å². The van der Waals surface area contributed by atoms with Gasteiger partial charge in [0, 0.05) is 10.8 Å². The highest BCUT2D eigenvalue weighted by Crippen LogP contribution is 2.54. The number of ether oxygens (including phenoxy) is 1. The van der Waals surface area contributed by atoms with Crippen molar-refractivity contribution in [3.8, 4) is 0 Å². The number of carbonyl (C=O) groups excluding carboxylic acids is 2. The Morgan fingerprint density at radius 3 is 2.84 bits per heavy atom. The third-order valence-electron chi connectivity index (χ3n) is 4.90. The Bertz CT molecular complexity index is 627. The van der Waals surface area contributed by atoms with Gasteiger partial charge in [-0.25, -0.2) is 4.79 Å². The molecule has 0 bridgehead atoms. The Morgan fingerprint density at radius 1 is 1.48 bits per heavy atom. The summed E-state index contributed by atoms with van der Waals surface area (Å²) in [5.74, 6) is 0.687. The molecule has 0 aromatic heterocycles. The van der Waals surface area contributed by atoms with Crippen molar-refractivity contribution in [1.82, 2.24) is 4.90 Å². The van der Waals surface area contributed by atoms with Crippen molar-refractivity contribution < 1.29 is 18.8 Å². The van der Waals surface area contributed by atoms with Crippen molar-refractivity contribution in [3.63, 3.8) is 0 Å². The molecule has 1 amide bonds. The Hall–Kier alpha value is -1.05. The molecule has 0 radical (unpaired) electrons. The van der Waals surface area contributed by atoms with Crippen molar-refractivity contribution in [2.24, 2.45) is 11.8 Å². The van der Waals surface area contributed by atoms with E-state index in [0.717, 1.165) is 23.5 Å². The molecule has 5 nitrogen and oxygen atoms in total. The molecule has 3 aliphatic rings. The molecule has 3 rings (SSSR count). The lowest BCUT2D eigenvalue weighted by atomic mass is 9.77. The molecule has 4 atom stereocenters. The van der Waals surface area contributed by atoms with Crippen molar-refractivity contribution in [3.05, 3.63) is 23.3 Å². The van der Waals surface area contributed by atoms with Gasteiger partial charge in [-0.1, -0.05) is 12.7 Å². The number of amides is 1. The number of fused-ring (bicyclic) bond motifs is 3. The number of carbonyl (C=O) groups is 2. The molecule has 0 aromatic carbocycles. The molecule has 0 spiro atoms. The summed E-state index contributed by atoms with van der Waals surface area (Å²) in [5, 5.41) is 0. The SMILES string of the molecule is C=CCOC(=O)C1=C2SCCCC2[C@@H]2[C@@H]([C@@H](C)O[Si](C)(C)C)C(=O)N12. The van der Waals surface area contributed by atoms with Gasteiger partial charge in [0.25, 0.3) is 0 Å². The average Bonchev–Trinajstić information content (AvgIpc) is 2.82. The van der Waals surface area contributed by atoms with Crippen LogP contribution in [0.2, 0.25) is 19.6 Å². The largest absolute Gasteiger partial charge is 0.457 e. The Balaban J connectivity index is 1.85. The van der Waals surface area contributed by atoms with Crippen molar-refractivity contribution >= 4 is 32.0 Å². The number of β-lactam (4-membered cyclic amide) rings is 1. The maximum atomic E-state index is 12.9. The fraction of sp³-hybridized carbons (Fsp3) is 0.667. The number of hydrogen-bond acceptors (Lipinski definition) is 5. The van der Waals surface area contributed by atoms with E-state index in [1.807, 2.05) is 6.92 Å². The van der Waals surface area contributed by atoms with E-state index < -0.39 is 14.3 Å². The van der Waals surface area contributed by atoms with Crippen LogP contribution in [0.15, 0.2) is 23.3 Å². The molecule has 0 aromatic rings. The van der Waals surface area contributed by atoms with E-state index in [1.165, 1.54) is 0 Å². The summed E-state index contributed by atoms with van der Waals surface area (Å²) < 4.78 is 11.5. The van der Waals surface area contributed by atoms with Gasteiger partial charge in [0.15, 0.2) is 8.32 Å². The van der Waals surface area contributed by atoms with Crippen molar-refractivity contribution in [1.29, 1.82) is 0 Å². The maximum absolute atomic E-state index is 12.9. The van der Waals surface area contributed by atoms with Crippen molar-refractivity contribution in [2.75, 3.05) is 12.4 Å². The van der Waals surface area contributed by atoms with Gasteiger partial charge >= 0.3 is 5.97 Å². The van der Waals surface area contributed by atoms with E-state index in [9.17, 15) is 9.59 Å². The zero-order valence-corrected chi connectivity index (χ0v) is 17.2. The van der Waals surface area contributed by atoms with Gasteiger partial charge in [0.05, 0.1) is 18.1 Å². The van der Waals surface area contributed by atoms with Gasteiger partial charge in [-0.2, -0.15) is 0 Å². The molecular weight excluding hydrogens is 354 g/mol. The van der Waals surface area contributed by atoms with Crippen LogP contribution in [0.3, 0.4) is 0 Å². The minimum absolute atomic E-state index is 0.00352. The predicted octanol–water partition coefficient (Wildman–Crippen LogP) is 3.15. The van der Waals surface area contributed by atoms with Gasteiger partial charge in [0.1, 0.15) is 12.3 Å². The second-order valence-corrected chi connectivity index (χ2v) is 13.5. The number of hydrogen-bond donors (Lipinski definition) is 0. The molecule has 3 aliphatic heterocycles. The maximum Gasteiger partial charge on any atom is 0.356 e. The van der Waals surface area contributed by atoms with Crippen LogP contribution >= 0.6 is 11.8 Å². The third kappa shape index (κ3) is 3.33. The minimum Gasteiger partial charge on any atom is -0.457 e. The molecule has 138 valence electrons. The summed E-state index contributed by atoms with van der Waals surface area (Å²) in [6, 6.07) is 0.0490. The lowest BCUT2D eigenvalue weighted by molar-refractivity contribution is -0.163. The topological polar surface area (TPSA) is 55.8 Å². The van der Waals surface area contributed by atoms with E-state index in [4.69, 9.17) is 9.16 Å². The monoisotopic (exact) mass is 381 g/mol. The van der Waals surface area contributed by atoms with E-state index in [1.54, 1.807) is 22.7 Å². The fourth-order valence-corrected chi connectivity index (χ4v) is 6.73. The third-order valence-corrected chi connectivity index (χ3v) is 7.28. The number of nitrogens with zero attached hydrogens (tertiary/aromatic N) is 1. The first-order valence-corrected chi connectivity index (χ1v) is 13.3. The normalized spacial score (nSPS) is 29.7. The molecule has 0 N–H and O–H groups in total. The molecule has 2 fully saturated rings. The number of esters is 1. The van der Waals surface area contributed by atoms with Gasteiger partial charge in [-0.15, -0.1) is 11.8 Å². The molecule has 3 heterocycles. The first-order chi connectivity index (χ1) is 11.8. The van der Waals surface area contributed by atoms with E-state index in [2.05, 4.69) is 26.2 Å². The summed E-state index contributed by atoms with van der Waals surface area (Å²) in [7, 11) is -1.73. The number of thioether (sulfide) groups is 1. The summed E-state index contributed by atoms with van der Waals surface area (Å²) in [5.41, 5.74) is 0.475. The summed E-state index contributed by atoms with van der Waals surface area (Å²) in [4.78, 5) is 28.2. The van der Waals surface area contributed by atoms with E-state index in [-0.39, 0.29) is 36.5 Å². The second-order valence-electron chi connectivity index (χ2n) is 7.86. The molecule has 0 aliphatic carbocycles. The smallest absolute Gasteiger partial charge is 0.356 e. The Kier molecular flexibility index (Phi) is 5.19. The quantitative estimate of drug-likeness (QED) is 0.306. The lowest BCUT2D eigenvalue weighted by Gasteiger charge is -2.49. The molecule has 25 heavy (non-hydrogen) atoms. The summed E-state index contributed by atoms with van der Waals surface area (Å²) in [6.07, 6.45) is 3.57. The Morgan fingerprint density at radius 2 is 2.20 bits per heavy atom. The van der Waals surface area contributed by atoms with Crippen molar-refractivity contribution in [2.45, 2.75) is 51.6 Å². The first kappa shape index (κ1) is 18.7. The second kappa shape index (κ2) is 6.93. The van der Waals surface area contributed by atoms with Crippen LogP contribution in [0.5, 0.6) is 0 Å². The van der Waals surface area contributed by atoms with Crippen LogP contribution in [0.25, 0.3) is 0 Å². The standard InChI is InChI=1S/C18H27NO4SSi/c1-6-9-22-18(21)15-16-12(8-7-10-24-16)14-13(17(20)19(14)15)11(2)23-25(3,4)5/h6,11-14H,1,7-10H2,2-5H3/t11-,12?,13-,14-/m1/s1. The van der Waals surface area contributed by atoms with Gasteiger partial charge < -0.3 is 14.1 Å². The van der Waals surface area contributed by atoms with Gasteiger partial charge in [-0.3, -0.25) is 4.79 Å². The molecule has 0 saturated carbocycles. The summed E-state index contributed by atoms with van der Waals surface area (Å²) >= 11 is 1.71. The molecular formula is C18H27NO4SSi. The average molecular weight is 382 g/mol. The predicted molar refractivity (Wildman–Crippen MR) is 101 cm³/mol. The van der Waals surface area contributed by atoms with Crippen LogP contribution in [0.4, 0.5) is 0 Å². The van der Waals surface area contributed by atoms with Crippen LogP contribution in [-0.4, -0.2) is 49.6 Å². The molecule has 2 saturated heterocycles. The lowest BCUT2D eigenvalue weighted by Crippen LogP contribution is -2.65. The summed E-state index contributed by atoms with van der Waals surface area (Å²) in [6.45, 7) is 12.2. The van der Waals surface area contributed by atoms with Crippen LogP contribution in [0.1, 0.15) is 19.8 Å². The highest BCUT2D eigenvalue weighted by atomic mass is 32.2. The molecule has 1 unspecified atom stereocenters. The highest BCUT2D eigenvalue weighted by molar-refractivity contribution is 8.03. The van der Waals surface area contributed by atoms with Crippen LogP contribution < -0.4 is 0 Å². The van der Waals surface area contributed by atoms with Gasteiger partial charge in [0.2, 0.25) is 5.91 Å². The molecule has 7 heteroatoms. The fourth-order valence-electron chi connectivity index (χ4n) is 4.14. The highest BCUT2D eigenvalue weighted by Gasteiger charge is 2.62. The minimum atomic E-state index is -1.73. The van der Waals surface area contributed by atoms with E-state index in [0.29, 0.717) is 5.70 Å². The zero-order valence-electron chi connectivity index (χ0n) is 15.4. The van der Waals surface area contributed by atoms with Gasteiger partial charge in [-0.05, 0) is 45.2 Å². The van der Waals surface area contributed by atoms with Crippen LogP contribution in [-0.2, 0) is 18.8 Å². The van der Waals surface area contributed by atoms with Crippen LogP contribution in [0, 0.1) is 11.8 Å².